The molecule has 2 N–H and O–H groups in total. The summed E-state index contributed by atoms with van der Waals surface area (Å²) in [5, 5.41) is 4.05. The van der Waals surface area contributed by atoms with E-state index in [0.29, 0.717) is 10.6 Å². The zero-order valence-corrected chi connectivity index (χ0v) is 9.75. The average molecular weight is 237 g/mol. The number of aromatic nitrogens is 2. The van der Waals surface area contributed by atoms with Crippen molar-refractivity contribution < 1.29 is 9.53 Å². The standard InChI is InChI=1S/C10H11N3O2S/c1-13-9(6(11)5-12-13)7-3-4-8(16-7)10(14)15-2/h3-5H,11H2,1-2H3. The van der Waals surface area contributed by atoms with Crippen molar-refractivity contribution in [2.24, 2.45) is 7.05 Å². The van der Waals surface area contributed by atoms with Gasteiger partial charge in [0.2, 0.25) is 0 Å². The zero-order valence-electron chi connectivity index (χ0n) is 8.93. The average Bonchev–Trinajstić information content (AvgIpc) is 2.85. The fraction of sp³-hybridized carbons (Fsp3) is 0.200. The Hall–Kier alpha value is -1.82. The summed E-state index contributed by atoms with van der Waals surface area (Å²) in [6.45, 7) is 0. The highest BCUT2D eigenvalue weighted by atomic mass is 32.1. The van der Waals surface area contributed by atoms with E-state index in [-0.39, 0.29) is 5.97 Å². The maximum Gasteiger partial charge on any atom is 0.348 e. The van der Waals surface area contributed by atoms with Crippen LogP contribution in [0.4, 0.5) is 5.69 Å². The summed E-state index contributed by atoms with van der Waals surface area (Å²) in [6.07, 6.45) is 1.59. The van der Waals surface area contributed by atoms with Crippen molar-refractivity contribution in [2.45, 2.75) is 0 Å². The number of anilines is 1. The van der Waals surface area contributed by atoms with Crippen molar-refractivity contribution in [2.75, 3.05) is 12.8 Å². The molecule has 16 heavy (non-hydrogen) atoms. The first-order valence-corrected chi connectivity index (χ1v) is 5.41. The third-order valence-corrected chi connectivity index (χ3v) is 3.27. The molecule has 0 aliphatic carbocycles. The number of rotatable bonds is 2. The maximum atomic E-state index is 11.3. The van der Waals surface area contributed by atoms with E-state index in [1.165, 1.54) is 18.4 Å². The number of carbonyl (C=O) groups excluding carboxylic acids is 1. The first-order valence-electron chi connectivity index (χ1n) is 4.59. The van der Waals surface area contributed by atoms with Crippen LogP contribution in [-0.2, 0) is 11.8 Å². The Bertz CT molecular complexity index is 510. The summed E-state index contributed by atoms with van der Waals surface area (Å²) in [5.74, 6) is -0.336. The smallest absolute Gasteiger partial charge is 0.348 e. The molecule has 0 aliphatic heterocycles. The van der Waals surface area contributed by atoms with Gasteiger partial charge in [-0.15, -0.1) is 11.3 Å². The van der Waals surface area contributed by atoms with Crippen LogP contribution in [0.25, 0.3) is 10.6 Å². The highest BCUT2D eigenvalue weighted by Gasteiger charge is 2.14. The van der Waals surface area contributed by atoms with Gasteiger partial charge in [0.25, 0.3) is 0 Å². The molecule has 0 aromatic carbocycles. The number of methoxy groups -OCH3 is 1. The van der Waals surface area contributed by atoms with E-state index in [0.717, 1.165) is 10.6 Å². The molecule has 0 amide bonds. The van der Waals surface area contributed by atoms with Crippen LogP contribution in [-0.4, -0.2) is 22.9 Å². The molecule has 6 heteroatoms. The van der Waals surface area contributed by atoms with E-state index in [2.05, 4.69) is 9.84 Å². The van der Waals surface area contributed by atoms with Gasteiger partial charge in [-0.25, -0.2) is 4.79 Å². The second-order valence-electron chi connectivity index (χ2n) is 3.23. The molecule has 0 spiro atoms. The van der Waals surface area contributed by atoms with E-state index < -0.39 is 0 Å². The van der Waals surface area contributed by atoms with Gasteiger partial charge in [-0.05, 0) is 12.1 Å². The Labute approximate surface area is 96.4 Å². The topological polar surface area (TPSA) is 70.1 Å². The van der Waals surface area contributed by atoms with Gasteiger partial charge in [0.15, 0.2) is 0 Å². The maximum absolute atomic E-state index is 11.3. The minimum absolute atomic E-state index is 0.336. The van der Waals surface area contributed by atoms with Gasteiger partial charge in [-0.1, -0.05) is 0 Å². The summed E-state index contributed by atoms with van der Waals surface area (Å²) in [7, 11) is 3.17. The summed E-state index contributed by atoms with van der Waals surface area (Å²) >= 11 is 1.34. The molecule has 2 rings (SSSR count). The van der Waals surface area contributed by atoms with Crippen molar-refractivity contribution in [3.63, 3.8) is 0 Å². The van der Waals surface area contributed by atoms with Crippen LogP contribution in [0.2, 0.25) is 0 Å². The predicted molar refractivity (Wildman–Crippen MR) is 62.3 cm³/mol. The van der Waals surface area contributed by atoms with Crippen molar-refractivity contribution in [3.8, 4) is 10.6 Å². The molecular weight excluding hydrogens is 226 g/mol. The van der Waals surface area contributed by atoms with Crippen LogP contribution in [0, 0.1) is 0 Å². The molecule has 0 bridgehead atoms. The van der Waals surface area contributed by atoms with Crippen LogP contribution in [0.1, 0.15) is 9.67 Å². The number of esters is 1. The van der Waals surface area contributed by atoms with Crippen LogP contribution < -0.4 is 5.73 Å². The van der Waals surface area contributed by atoms with Gasteiger partial charge >= 0.3 is 5.97 Å². The number of aryl methyl sites for hydroxylation is 1. The Morgan fingerprint density at radius 1 is 1.56 bits per heavy atom. The monoisotopic (exact) mass is 237 g/mol. The molecule has 2 aromatic heterocycles. The van der Waals surface area contributed by atoms with Crippen LogP contribution in [0.3, 0.4) is 0 Å². The molecule has 0 aliphatic rings. The summed E-state index contributed by atoms with van der Waals surface area (Å²) in [6, 6.07) is 3.56. The molecule has 2 aromatic rings. The zero-order chi connectivity index (χ0) is 11.7. The minimum atomic E-state index is -0.336. The third-order valence-electron chi connectivity index (χ3n) is 2.19. The molecule has 0 saturated carbocycles. The molecule has 84 valence electrons. The van der Waals surface area contributed by atoms with Crippen LogP contribution in [0.5, 0.6) is 0 Å². The Morgan fingerprint density at radius 3 is 2.88 bits per heavy atom. The van der Waals surface area contributed by atoms with E-state index in [4.69, 9.17) is 5.73 Å². The highest BCUT2D eigenvalue weighted by molar-refractivity contribution is 7.17. The molecule has 0 unspecified atom stereocenters. The van der Waals surface area contributed by atoms with Crippen molar-refractivity contribution in [1.82, 2.24) is 9.78 Å². The van der Waals surface area contributed by atoms with Gasteiger partial charge in [0.1, 0.15) is 10.6 Å². The van der Waals surface area contributed by atoms with Crippen molar-refractivity contribution in [3.05, 3.63) is 23.2 Å². The van der Waals surface area contributed by atoms with Gasteiger partial charge in [0.05, 0.1) is 23.9 Å². The fourth-order valence-electron chi connectivity index (χ4n) is 1.43. The first kappa shape index (κ1) is 10.7. The molecule has 0 atom stereocenters. The number of hydrogen-bond donors (Lipinski definition) is 1. The van der Waals surface area contributed by atoms with Gasteiger partial charge in [0, 0.05) is 7.05 Å². The summed E-state index contributed by atoms with van der Waals surface area (Å²) < 4.78 is 6.33. The SMILES string of the molecule is COC(=O)c1ccc(-c2c(N)cnn2C)s1. The first-order chi connectivity index (χ1) is 7.63. The Balaban J connectivity index is 2.43. The predicted octanol–water partition coefficient (Wildman–Crippen LogP) is 1.52. The highest BCUT2D eigenvalue weighted by Crippen LogP contribution is 2.31. The van der Waals surface area contributed by atoms with Crippen molar-refractivity contribution in [1.29, 1.82) is 0 Å². The van der Waals surface area contributed by atoms with Crippen molar-refractivity contribution >= 4 is 23.0 Å². The number of ether oxygens (including phenoxy) is 1. The second-order valence-corrected chi connectivity index (χ2v) is 4.31. The van der Waals surface area contributed by atoms with E-state index >= 15 is 0 Å². The lowest BCUT2D eigenvalue weighted by atomic mass is 10.3. The number of hydrogen-bond acceptors (Lipinski definition) is 5. The van der Waals surface area contributed by atoms with Gasteiger partial charge in [-0.2, -0.15) is 5.10 Å². The number of nitrogen functional groups attached to an aromatic ring is 1. The normalized spacial score (nSPS) is 10.4. The minimum Gasteiger partial charge on any atom is -0.465 e. The largest absolute Gasteiger partial charge is 0.465 e. The lowest BCUT2D eigenvalue weighted by molar-refractivity contribution is 0.0606. The molecule has 5 nitrogen and oxygen atoms in total. The number of carbonyl (C=O) groups is 1. The van der Waals surface area contributed by atoms with E-state index in [1.54, 1.807) is 16.9 Å². The molecule has 0 saturated heterocycles. The van der Waals surface area contributed by atoms with Gasteiger partial charge in [-0.3, -0.25) is 4.68 Å². The van der Waals surface area contributed by atoms with E-state index in [9.17, 15) is 4.79 Å². The fourth-order valence-corrected chi connectivity index (χ4v) is 2.45. The molecule has 0 radical (unpaired) electrons. The molecular formula is C10H11N3O2S. The lowest BCUT2D eigenvalue weighted by Gasteiger charge is -1.99. The lowest BCUT2D eigenvalue weighted by Crippen LogP contribution is -1.97. The Morgan fingerprint density at radius 2 is 2.31 bits per heavy atom. The van der Waals surface area contributed by atoms with Gasteiger partial charge < -0.3 is 10.5 Å². The van der Waals surface area contributed by atoms with Crippen LogP contribution in [0.15, 0.2) is 18.3 Å². The summed E-state index contributed by atoms with van der Waals surface area (Å²) in [4.78, 5) is 12.8. The molecule has 2 heterocycles. The Kier molecular flexibility index (Phi) is 2.66. The van der Waals surface area contributed by atoms with Crippen LogP contribution >= 0.6 is 11.3 Å². The second kappa shape index (κ2) is 3.97. The number of nitrogens with zero attached hydrogens (tertiary/aromatic N) is 2. The molecule has 0 fully saturated rings. The quantitative estimate of drug-likeness (QED) is 0.804. The summed E-state index contributed by atoms with van der Waals surface area (Å²) in [5.41, 5.74) is 7.22. The van der Waals surface area contributed by atoms with E-state index in [1.807, 2.05) is 13.1 Å². The number of nitrogens with two attached hydrogens (primary N) is 1. The third kappa shape index (κ3) is 1.67. The number of thiophene rings is 1.